The summed E-state index contributed by atoms with van der Waals surface area (Å²) in [6.45, 7) is 3.85. The lowest BCUT2D eigenvalue weighted by Gasteiger charge is -2.34. The number of benzene rings is 2. The molecule has 34 heavy (non-hydrogen) atoms. The zero-order chi connectivity index (χ0) is 24.1. The van der Waals surface area contributed by atoms with Crippen molar-refractivity contribution in [2.75, 3.05) is 50.7 Å². The van der Waals surface area contributed by atoms with Gasteiger partial charge in [0.25, 0.3) is 5.91 Å². The molecule has 4 rings (SSSR count). The van der Waals surface area contributed by atoms with E-state index in [-0.39, 0.29) is 24.4 Å². The van der Waals surface area contributed by atoms with Gasteiger partial charge in [-0.15, -0.1) is 0 Å². The second kappa shape index (κ2) is 10.4. The molecule has 2 aromatic carbocycles. The summed E-state index contributed by atoms with van der Waals surface area (Å²) in [5, 5.41) is 19.7. The van der Waals surface area contributed by atoms with Crippen LogP contribution in [0, 0.1) is 5.41 Å². The second-order valence-corrected chi connectivity index (χ2v) is 8.33. The number of ether oxygens (including phenoxy) is 1. The van der Waals surface area contributed by atoms with E-state index < -0.39 is 12.1 Å². The Bertz CT molecular complexity index is 1050. The van der Waals surface area contributed by atoms with Gasteiger partial charge in [-0.1, -0.05) is 18.2 Å². The number of aliphatic carboxylic acids is 1. The van der Waals surface area contributed by atoms with Gasteiger partial charge in [-0.2, -0.15) is 0 Å². The van der Waals surface area contributed by atoms with Crippen LogP contribution in [0.4, 0.5) is 10.5 Å². The monoisotopic (exact) mass is 465 g/mol. The highest BCUT2D eigenvalue weighted by atomic mass is 16.6. The number of nitrogens with zero attached hydrogens (tertiary/aromatic N) is 3. The Morgan fingerprint density at radius 3 is 2.26 bits per heavy atom. The van der Waals surface area contributed by atoms with Crippen molar-refractivity contribution in [3.8, 4) is 0 Å². The van der Waals surface area contributed by atoms with Gasteiger partial charge in [0, 0.05) is 49.5 Å². The number of nitrogens with one attached hydrogen (secondary N) is 2. The van der Waals surface area contributed by atoms with E-state index in [1.165, 1.54) is 0 Å². The average Bonchev–Trinajstić information content (AvgIpc) is 3.20. The smallest absolute Gasteiger partial charge is 0.414 e. The number of hydrogen-bond acceptors (Lipinski definition) is 7. The van der Waals surface area contributed by atoms with Crippen molar-refractivity contribution in [3.05, 3.63) is 65.7 Å². The fourth-order valence-electron chi connectivity index (χ4n) is 4.09. The number of piperazine rings is 1. The zero-order valence-corrected chi connectivity index (χ0v) is 18.6. The lowest BCUT2D eigenvalue weighted by atomic mass is 10.1. The summed E-state index contributed by atoms with van der Waals surface area (Å²) in [7, 11) is 0. The van der Waals surface area contributed by atoms with Crippen LogP contribution in [0.25, 0.3) is 0 Å². The maximum absolute atomic E-state index is 12.4. The van der Waals surface area contributed by atoms with E-state index in [1.807, 2.05) is 11.0 Å². The first-order chi connectivity index (χ1) is 16.4. The lowest BCUT2D eigenvalue weighted by Crippen LogP contribution is -2.50. The third-order valence-electron chi connectivity index (χ3n) is 5.90. The molecular weight excluding hydrogens is 438 g/mol. The van der Waals surface area contributed by atoms with E-state index in [0.717, 1.165) is 13.1 Å². The van der Waals surface area contributed by atoms with E-state index in [0.29, 0.717) is 43.0 Å². The summed E-state index contributed by atoms with van der Waals surface area (Å²) in [6, 6.07) is 15.5. The molecular formula is C24H27N5O5. The molecule has 10 nitrogen and oxygen atoms in total. The van der Waals surface area contributed by atoms with Crippen molar-refractivity contribution in [2.24, 2.45) is 0 Å². The van der Waals surface area contributed by atoms with Crippen LogP contribution in [-0.4, -0.2) is 90.6 Å². The van der Waals surface area contributed by atoms with Gasteiger partial charge in [-0.3, -0.25) is 29.7 Å². The van der Waals surface area contributed by atoms with Crippen molar-refractivity contribution < 1.29 is 24.2 Å². The molecule has 0 spiro atoms. The summed E-state index contributed by atoms with van der Waals surface area (Å²) in [6.07, 6.45) is -0.698. The summed E-state index contributed by atoms with van der Waals surface area (Å²) in [5.41, 5.74) is 1.65. The van der Waals surface area contributed by atoms with Crippen LogP contribution in [0.2, 0.25) is 0 Å². The van der Waals surface area contributed by atoms with Crippen LogP contribution in [0.15, 0.2) is 54.6 Å². The van der Waals surface area contributed by atoms with Crippen LogP contribution in [0.3, 0.4) is 0 Å². The molecule has 0 aliphatic carbocycles. The highest BCUT2D eigenvalue weighted by Gasteiger charge is 2.34. The van der Waals surface area contributed by atoms with Gasteiger partial charge in [0.05, 0.1) is 13.1 Å². The van der Waals surface area contributed by atoms with Crippen LogP contribution in [-0.2, 0) is 9.53 Å². The van der Waals surface area contributed by atoms with Gasteiger partial charge in [-0.25, -0.2) is 4.79 Å². The molecule has 0 unspecified atom stereocenters. The van der Waals surface area contributed by atoms with Crippen molar-refractivity contribution in [1.29, 1.82) is 5.41 Å². The molecule has 0 bridgehead atoms. The molecule has 2 aromatic rings. The van der Waals surface area contributed by atoms with Crippen LogP contribution >= 0.6 is 0 Å². The Labute approximate surface area is 197 Å². The first-order valence-corrected chi connectivity index (χ1v) is 11.1. The van der Waals surface area contributed by atoms with Gasteiger partial charge in [-0.05, 0) is 36.4 Å². The number of carbonyl (C=O) groups is 3. The molecule has 2 fully saturated rings. The summed E-state index contributed by atoms with van der Waals surface area (Å²) < 4.78 is 5.54. The first kappa shape index (κ1) is 23.4. The molecule has 1 atom stereocenters. The van der Waals surface area contributed by atoms with E-state index >= 15 is 0 Å². The molecule has 2 aliphatic heterocycles. The highest BCUT2D eigenvalue weighted by Crippen LogP contribution is 2.23. The number of cyclic esters (lactones) is 1. The second-order valence-electron chi connectivity index (χ2n) is 8.33. The SMILES string of the molecule is N=C(NC(=O)c1ccccc1)c1ccc(N2C[C@@H](CN3CCN(CC(=O)O)CC3)OC2=O)cc1. The van der Waals surface area contributed by atoms with Gasteiger partial charge >= 0.3 is 12.1 Å². The van der Waals surface area contributed by atoms with Crippen LogP contribution < -0.4 is 10.2 Å². The molecule has 0 aromatic heterocycles. The molecule has 10 heteroatoms. The predicted molar refractivity (Wildman–Crippen MR) is 125 cm³/mol. The Balaban J connectivity index is 1.29. The molecule has 2 saturated heterocycles. The van der Waals surface area contributed by atoms with E-state index in [1.54, 1.807) is 53.4 Å². The van der Waals surface area contributed by atoms with Crippen molar-refractivity contribution >= 4 is 29.5 Å². The molecule has 178 valence electrons. The molecule has 0 saturated carbocycles. The van der Waals surface area contributed by atoms with Crippen LogP contribution in [0.1, 0.15) is 15.9 Å². The number of carboxylic acids is 1. The quantitative estimate of drug-likeness (QED) is 0.418. The molecule has 3 N–H and O–H groups in total. The fourth-order valence-corrected chi connectivity index (χ4v) is 4.09. The maximum Gasteiger partial charge on any atom is 0.414 e. The Kier molecular flexibility index (Phi) is 7.19. The molecule has 2 amide bonds. The number of hydrogen-bond donors (Lipinski definition) is 3. The van der Waals surface area contributed by atoms with Gasteiger partial charge in [0.15, 0.2) is 0 Å². The minimum absolute atomic E-state index is 0.0238. The largest absolute Gasteiger partial charge is 0.480 e. The Morgan fingerprint density at radius 2 is 1.62 bits per heavy atom. The van der Waals surface area contributed by atoms with Crippen molar-refractivity contribution in [3.63, 3.8) is 0 Å². The minimum atomic E-state index is -0.825. The lowest BCUT2D eigenvalue weighted by molar-refractivity contribution is -0.138. The third kappa shape index (κ3) is 5.77. The Morgan fingerprint density at radius 1 is 0.971 bits per heavy atom. The molecule has 2 heterocycles. The predicted octanol–water partition coefficient (Wildman–Crippen LogP) is 1.47. The van der Waals surface area contributed by atoms with Gasteiger partial charge in [0.1, 0.15) is 11.9 Å². The number of rotatable bonds is 7. The average molecular weight is 466 g/mol. The number of amides is 2. The third-order valence-corrected chi connectivity index (χ3v) is 5.90. The van der Waals surface area contributed by atoms with E-state index in [2.05, 4.69) is 10.2 Å². The van der Waals surface area contributed by atoms with Crippen molar-refractivity contribution in [2.45, 2.75) is 6.10 Å². The normalized spacial score (nSPS) is 19.0. The summed E-state index contributed by atoms with van der Waals surface area (Å²) in [5.74, 6) is -1.21. The molecule has 0 radical (unpaired) electrons. The van der Waals surface area contributed by atoms with E-state index in [9.17, 15) is 14.4 Å². The minimum Gasteiger partial charge on any atom is -0.480 e. The number of carboxylic acid groups (broad SMARTS) is 1. The van der Waals surface area contributed by atoms with Crippen LogP contribution in [0.5, 0.6) is 0 Å². The summed E-state index contributed by atoms with van der Waals surface area (Å²) in [4.78, 5) is 41.2. The van der Waals surface area contributed by atoms with Crippen molar-refractivity contribution in [1.82, 2.24) is 15.1 Å². The van der Waals surface area contributed by atoms with Gasteiger partial charge in [0.2, 0.25) is 0 Å². The summed E-state index contributed by atoms with van der Waals surface area (Å²) >= 11 is 0. The topological polar surface area (TPSA) is 126 Å². The zero-order valence-electron chi connectivity index (χ0n) is 18.6. The standard InChI is InChI=1S/C24H27N5O5/c25-22(26-23(32)18-4-2-1-3-5-18)17-6-8-19(9-7-17)29-15-20(34-24(29)33)14-27-10-12-28(13-11-27)16-21(30)31/h1-9,20H,10-16H2,(H,30,31)(H2,25,26,32)/t20-/m1/s1. The van der Waals surface area contributed by atoms with E-state index in [4.69, 9.17) is 15.3 Å². The first-order valence-electron chi connectivity index (χ1n) is 11.1. The Hall–Kier alpha value is -3.76. The molecule has 2 aliphatic rings. The number of carbonyl (C=O) groups excluding carboxylic acids is 2. The van der Waals surface area contributed by atoms with Gasteiger partial charge < -0.3 is 15.2 Å². The maximum atomic E-state index is 12.4. The number of amidine groups is 1. The highest BCUT2D eigenvalue weighted by molar-refractivity contribution is 6.11. The fraction of sp³-hybridized carbons (Fsp3) is 0.333. The number of anilines is 1.